The summed E-state index contributed by atoms with van der Waals surface area (Å²) in [6.45, 7) is 2.06. The molecule has 8 heteroatoms. The second-order valence-electron chi connectivity index (χ2n) is 4.53. The highest BCUT2D eigenvalue weighted by atomic mass is 35.5. The van der Waals surface area contributed by atoms with E-state index in [1.807, 2.05) is 0 Å². The number of rotatable bonds is 6. The lowest BCUT2D eigenvalue weighted by atomic mass is 10.2. The maximum absolute atomic E-state index is 12.0. The number of ether oxygens (including phenoxy) is 1. The van der Waals surface area contributed by atoms with E-state index >= 15 is 0 Å². The summed E-state index contributed by atoms with van der Waals surface area (Å²) >= 11 is 6.93. The fourth-order valence-corrected chi connectivity index (χ4v) is 2.33. The second-order valence-corrected chi connectivity index (χ2v) is 5.85. The first-order chi connectivity index (χ1) is 11.6. The predicted molar refractivity (Wildman–Crippen MR) is 95.0 cm³/mol. The maximum atomic E-state index is 12.0. The van der Waals surface area contributed by atoms with E-state index in [0.717, 1.165) is 16.8 Å². The van der Waals surface area contributed by atoms with Crippen molar-refractivity contribution >= 4 is 41.2 Å². The van der Waals surface area contributed by atoms with Gasteiger partial charge in [-0.25, -0.2) is 4.79 Å². The van der Waals surface area contributed by atoms with Gasteiger partial charge in [0, 0.05) is 15.5 Å². The Morgan fingerprint density at radius 2 is 1.75 bits per heavy atom. The molecule has 0 heterocycles. The summed E-state index contributed by atoms with van der Waals surface area (Å²) in [6.07, 6.45) is -0.486. The minimum Gasteiger partial charge on any atom is -0.449 e. The Hall–Kier alpha value is -2.38. The molecular formula is C16H16ClN3O3S. The van der Waals surface area contributed by atoms with Gasteiger partial charge in [-0.05, 0) is 67.4 Å². The molecule has 2 rings (SSSR count). The summed E-state index contributed by atoms with van der Waals surface area (Å²) in [6, 6.07) is 13.7. The van der Waals surface area contributed by atoms with Crippen LogP contribution in [0.2, 0.25) is 5.02 Å². The average molecular weight is 366 g/mol. The first-order valence-electron chi connectivity index (χ1n) is 7.10. The number of carbonyl (C=O) groups is 2. The first-order valence-corrected chi connectivity index (χ1v) is 8.29. The molecule has 0 aromatic heterocycles. The molecule has 2 aromatic carbocycles. The van der Waals surface area contributed by atoms with E-state index in [1.54, 1.807) is 55.5 Å². The lowest BCUT2D eigenvalue weighted by Crippen LogP contribution is -2.29. The van der Waals surface area contributed by atoms with Crippen LogP contribution < -0.4 is 15.6 Å². The van der Waals surface area contributed by atoms with E-state index in [1.165, 1.54) is 0 Å². The summed E-state index contributed by atoms with van der Waals surface area (Å²) in [4.78, 5) is 24.0. The van der Waals surface area contributed by atoms with Gasteiger partial charge in [-0.2, -0.15) is 0 Å². The van der Waals surface area contributed by atoms with Gasteiger partial charge in [-0.15, -0.1) is 0 Å². The van der Waals surface area contributed by atoms with E-state index < -0.39 is 6.09 Å². The van der Waals surface area contributed by atoms with Crippen LogP contribution in [0.4, 0.5) is 10.5 Å². The van der Waals surface area contributed by atoms with Crippen LogP contribution in [-0.4, -0.2) is 18.6 Å². The molecule has 0 fully saturated rings. The minimum absolute atomic E-state index is 0.269. The van der Waals surface area contributed by atoms with E-state index in [4.69, 9.17) is 16.3 Å². The minimum atomic E-state index is -0.486. The van der Waals surface area contributed by atoms with Gasteiger partial charge in [0.25, 0.3) is 5.91 Å². The topological polar surface area (TPSA) is 79.5 Å². The molecular weight excluding hydrogens is 350 g/mol. The van der Waals surface area contributed by atoms with E-state index in [9.17, 15) is 9.59 Å². The normalized spacial score (nSPS) is 9.92. The molecule has 2 amide bonds. The van der Waals surface area contributed by atoms with Gasteiger partial charge in [0.1, 0.15) is 0 Å². The molecule has 0 spiro atoms. The average Bonchev–Trinajstić information content (AvgIpc) is 2.59. The molecule has 0 aliphatic carbocycles. The summed E-state index contributed by atoms with van der Waals surface area (Å²) in [5.41, 5.74) is 6.61. The van der Waals surface area contributed by atoms with Crippen molar-refractivity contribution in [2.45, 2.75) is 11.8 Å². The summed E-state index contributed by atoms with van der Waals surface area (Å²) in [5.74, 6) is -0.269. The monoisotopic (exact) mass is 365 g/mol. The van der Waals surface area contributed by atoms with Gasteiger partial charge < -0.3 is 4.74 Å². The zero-order valence-corrected chi connectivity index (χ0v) is 14.4. The molecule has 2 aromatic rings. The molecule has 0 aliphatic rings. The standard InChI is InChI=1S/C16H16ClN3O3S/c1-2-23-16(22)20-24-14-9-7-13(8-10-14)18-19-15(21)11-3-5-12(17)6-4-11/h3-10,18H,2H2,1H3,(H,19,21)(H,20,22). The smallest absolute Gasteiger partial charge is 0.417 e. The van der Waals surface area contributed by atoms with Crippen molar-refractivity contribution in [2.75, 3.05) is 12.0 Å². The second kappa shape index (κ2) is 9.05. The molecule has 24 heavy (non-hydrogen) atoms. The molecule has 0 radical (unpaired) electrons. The van der Waals surface area contributed by atoms with Gasteiger partial charge in [-0.3, -0.25) is 20.4 Å². The van der Waals surface area contributed by atoms with Gasteiger partial charge >= 0.3 is 6.09 Å². The van der Waals surface area contributed by atoms with Crippen LogP contribution in [0, 0.1) is 0 Å². The van der Waals surface area contributed by atoms with Crippen LogP contribution in [0.25, 0.3) is 0 Å². The van der Waals surface area contributed by atoms with Gasteiger partial charge in [0.2, 0.25) is 0 Å². The number of halogens is 1. The van der Waals surface area contributed by atoms with Crippen LogP contribution in [0.3, 0.4) is 0 Å². The number of hydrogen-bond acceptors (Lipinski definition) is 5. The van der Waals surface area contributed by atoms with Crippen LogP contribution in [0.5, 0.6) is 0 Å². The molecule has 0 bridgehead atoms. The van der Waals surface area contributed by atoms with Crippen molar-refractivity contribution in [1.29, 1.82) is 0 Å². The highest BCUT2D eigenvalue weighted by Crippen LogP contribution is 2.17. The van der Waals surface area contributed by atoms with Crippen molar-refractivity contribution in [3.8, 4) is 0 Å². The number of benzene rings is 2. The highest BCUT2D eigenvalue weighted by molar-refractivity contribution is 7.98. The predicted octanol–water partition coefficient (Wildman–Crippen LogP) is 3.85. The number of nitrogens with one attached hydrogen (secondary N) is 3. The third-order valence-electron chi connectivity index (χ3n) is 2.81. The Morgan fingerprint density at radius 3 is 2.38 bits per heavy atom. The quantitative estimate of drug-likeness (QED) is 0.535. The Kier molecular flexibility index (Phi) is 6.77. The molecule has 6 nitrogen and oxygen atoms in total. The van der Waals surface area contributed by atoms with Gasteiger partial charge in [0.05, 0.1) is 12.3 Å². The van der Waals surface area contributed by atoms with Gasteiger partial charge in [-0.1, -0.05) is 11.6 Å². The fraction of sp³-hybridized carbons (Fsp3) is 0.125. The Labute approximate surface area is 149 Å². The molecule has 0 aliphatic heterocycles. The van der Waals surface area contributed by atoms with E-state index in [0.29, 0.717) is 22.9 Å². The summed E-state index contributed by atoms with van der Waals surface area (Å²) in [7, 11) is 0. The van der Waals surface area contributed by atoms with Crippen LogP contribution in [-0.2, 0) is 4.74 Å². The fourth-order valence-electron chi connectivity index (χ4n) is 1.67. The molecule has 0 unspecified atom stereocenters. The van der Waals surface area contributed by atoms with Crippen LogP contribution in [0.1, 0.15) is 17.3 Å². The van der Waals surface area contributed by atoms with E-state index in [2.05, 4.69) is 15.6 Å². The lowest BCUT2D eigenvalue weighted by molar-refractivity contribution is 0.0962. The largest absolute Gasteiger partial charge is 0.449 e. The van der Waals surface area contributed by atoms with Crippen molar-refractivity contribution < 1.29 is 14.3 Å². The highest BCUT2D eigenvalue weighted by Gasteiger charge is 2.05. The molecule has 0 saturated heterocycles. The SMILES string of the molecule is CCOC(=O)NSc1ccc(NNC(=O)c2ccc(Cl)cc2)cc1. The maximum Gasteiger partial charge on any atom is 0.417 e. The molecule has 126 valence electrons. The van der Waals surface area contributed by atoms with Crippen molar-refractivity contribution in [1.82, 2.24) is 10.1 Å². The summed E-state index contributed by atoms with van der Waals surface area (Å²) in [5, 5.41) is 0.573. The summed E-state index contributed by atoms with van der Waals surface area (Å²) < 4.78 is 7.31. The third kappa shape index (κ3) is 5.68. The first kappa shape index (κ1) is 18.0. The van der Waals surface area contributed by atoms with E-state index in [-0.39, 0.29) is 5.91 Å². The van der Waals surface area contributed by atoms with Crippen LogP contribution >= 0.6 is 23.5 Å². The zero-order chi connectivity index (χ0) is 17.4. The number of amides is 2. The van der Waals surface area contributed by atoms with Gasteiger partial charge in [0.15, 0.2) is 0 Å². The Bertz CT molecular complexity index is 693. The molecule has 3 N–H and O–H groups in total. The number of anilines is 1. The Morgan fingerprint density at radius 1 is 1.08 bits per heavy atom. The van der Waals surface area contributed by atoms with Crippen molar-refractivity contribution in [3.63, 3.8) is 0 Å². The third-order valence-corrected chi connectivity index (χ3v) is 3.84. The number of hydrogen-bond donors (Lipinski definition) is 3. The number of hydrazine groups is 1. The van der Waals surface area contributed by atoms with Crippen molar-refractivity contribution in [2.24, 2.45) is 0 Å². The zero-order valence-electron chi connectivity index (χ0n) is 12.8. The molecule has 0 atom stereocenters. The number of carbonyl (C=O) groups excluding carboxylic acids is 2. The molecule has 0 saturated carbocycles. The van der Waals surface area contributed by atoms with Crippen LogP contribution in [0.15, 0.2) is 53.4 Å². The van der Waals surface area contributed by atoms with Crippen molar-refractivity contribution in [3.05, 3.63) is 59.1 Å². The lowest BCUT2D eigenvalue weighted by Gasteiger charge is -2.09. The Balaban J connectivity index is 1.82.